The maximum atomic E-state index is 13.6. The molecule has 1 aliphatic carbocycles. The lowest BCUT2D eigenvalue weighted by Gasteiger charge is -2.37. The van der Waals surface area contributed by atoms with Crippen molar-refractivity contribution in [2.75, 3.05) is 47.9 Å². The Morgan fingerprint density at radius 2 is 1.54 bits per heavy atom. The van der Waals surface area contributed by atoms with Gasteiger partial charge in [0, 0.05) is 51.0 Å². The van der Waals surface area contributed by atoms with Crippen LogP contribution in [0.3, 0.4) is 0 Å². The van der Waals surface area contributed by atoms with Crippen molar-refractivity contribution in [1.29, 1.82) is 0 Å². The van der Waals surface area contributed by atoms with Crippen LogP contribution in [0.1, 0.15) is 37.7 Å². The lowest BCUT2D eigenvalue weighted by atomic mass is 9.95. The summed E-state index contributed by atoms with van der Waals surface area (Å²) in [6.07, 6.45) is 2.58. The van der Waals surface area contributed by atoms with Crippen LogP contribution in [0, 0.1) is 5.82 Å². The smallest absolute Gasteiger partial charge is 0.353 e. The van der Waals surface area contributed by atoms with Crippen LogP contribution in [-0.4, -0.2) is 59.2 Å². The summed E-state index contributed by atoms with van der Waals surface area (Å²) < 4.78 is 54.1. The van der Waals surface area contributed by atoms with Crippen molar-refractivity contribution in [2.24, 2.45) is 0 Å². The van der Waals surface area contributed by atoms with Gasteiger partial charge in [0.2, 0.25) is 11.9 Å². The van der Waals surface area contributed by atoms with Gasteiger partial charge in [-0.3, -0.25) is 0 Å². The highest BCUT2D eigenvalue weighted by atomic mass is 19.4. The van der Waals surface area contributed by atoms with Crippen LogP contribution in [0.15, 0.2) is 42.6 Å². The molecule has 1 aliphatic heterocycles. The SMILES string of the molecule is CN(c1nc(-c2ccc(F)cc2)nc(N2CCN(c3ncccc3C(F)(F)F)CC2)n1)C1CCCCC1. The number of hydrogen-bond acceptors (Lipinski definition) is 7. The molecule has 0 bridgehead atoms. The molecule has 11 heteroatoms. The average Bonchev–Trinajstić information content (AvgIpc) is 2.93. The highest BCUT2D eigenvalue weighted by Gasteiger charge is 2.36. The Morgan fingerprint density at radius 1 is 0.865 bits per heavy atom. The van der Waals surface area contributed by atoms with Gasteiger partial charge in [-0.2, -0.15) is 28.1 Å². The van der Waals surface area contributed by atoms with Crippen LogP contribution in [0.4, 0.5) is 35.3 Å². The van der Waals surface area contributed by atoms with Gasteiger partial charge in [-0.25, -0.2) is 9.37 Å². The summed E-state index contributed by atoms with van der Waals surface area (Å²) in [5.74, 6) is 1.04. The van der Waals surface area contributed by atoms with Crippen molar-refractivity contribution in [3.05, 3.63) is 54.0 Å². The fourth-order valence-corrected chi connectivity index (χ4v) is 5.00. The molecular formula is C26H29F4N7. The molecule has 196 valence electrons. The van der Waals surface area contributed by atoms with Gasteiger partial charge in [0.1, 0.15) is 11.6 Å². The number of anilines is 3. The predicted octanol–water partition coefficient (Wildman–Crippen LogP) is 5.19. The Morgan fingerprint density at radius 3 is 2.22 bits per heavy atom. The molecule has 1 aromatic carbocycles. The molecule has 0 amide bonds. The Kier molecular flexibility index (Phi) is 7.12. The first-order valence-electron chi connectivity index (χ1n) is 12.6. The molecule has 0 radical (unpaired) electrons. The van der Waals surface area contributed by atoms with E-state index in [1.807, 2.05) is 11.9 Å². The lowest BCUT2D eigenvalue weighted by molar-refractivity contribution is -0.137. The minimum Gasteiger partial charge on any atom is -0.353 e. The molecule has 0 atom stereocenters. The van der Waals surface area contributed by atoms with E-state index in [4.69, 9.17) is 9.97 Å². The van der Waals surface area contributed by atoms with Crippen molar-refractivity contribution in [1.82, 2.24) is 19.9 Å². The van der Waals surface area contributed by atoms with E-state index in [9.17, 15) is 17.6 Å². The first-order chi connectivity index (χ1) is 17.8. The molecule has 5 rings (SSSR count). The van der Waals surface area contributed by atoms with Crippen LogP contribution < -0.4 is 14.7 Å². The van der Waals surface area contributed by atoms with Crippen molar-refractivity contribution < 1.29 is 17.6 Å². The van der Waals surface area contributed by atoms with Crippen LogP contribution >= 0.6 is 0 Å². The Hall–Kier alpha value is -3.50. The molecule has 0 N–H and O–H groups in total. The topological polar surface area (TPSA) is 61.3 Å². The summed E-state index contributed by atoms with van der Waals surface area (Å²) in [6.45, 7) is 1.53. The zero-order valence-electron chi connectivity index (χ0n) is 20.6. The molecule has 0 unspecified atom stereocenters. The predicted molar refractivity (Wildman–Crippen MR) is 134 cm³/mol. The number of pyridine rings is 1. The van der Waals surface area contributed by atoms with Gasteiger partial charge in [0.15, 0.2) is 5.82 Å². The van der Waals surface area contributed by atoms with E-state index in [0.29, 0.717) is 55.5 Å². The third kappa shape index (κ3) is 5.60. The number of aromatic nitrogens is 4. The Labute approximate surface area is 213 Å². The fourth-order valence-electron chi connectivity index (χ4n) is 5.00. The van der Waals surface area contributed by atoms with Crippen molar-refractivity contribution >= 4 is 17.7 Å². The largest absolute Gasteiger partial charge is 0.419 e. The molecule has 2 aliphatic rings. The van der Waals surface area contributed by atoms with Gasteiger partial charge in [-0.15, -0.1) is 0 Å². The van der Waals surface area contributed by atoms with Crippen LogP contribution in [0.2, 0.25) is 0 Å². The highest BCUT2D eigenvalue weighted by molar-refractivity contribution is 5.59. The minimum atomic E-state index is -4.47. The third-order valence-corrected chi connectivity index (χ3v) is 7.11. The minimum absolute atomic E-state index is 0.0602. The van der Waals surface area contributed by atoms with Gasteiger partial charge >= 0.3 is 6.18 Å². The molecule has 3 heterocycles. The molecule has 0 spiro atoms. The average molecular weight is 516 g/mol. The van der Waals surface area contributed by atoms with E-state index < -0.39 is 11.7 Å². The van der Waals surface area contributed by atoms with E-state index in [0.717, 1.165) is 31.7 Å². The summed E-state index contributed by atoms with van der Waals surface area (Å²) in [5.41, 5.74) is -0.0658. The van der Waals surface area contributed by atoms with Gasteiger partial charge in [-0.1, -0.05) is 19.3 Å². The summed E-state index contributed by atoms with van der Waals surface area (Å²) >= 11 is 0. The normalized spacial score (nSPS) is 17.2. The van der Waals surface area contributed by atoms with Crippen LogP contribution in [-0.2, 0) is 6.18 Å². The van der Waals surface area contributed by atoms with Crippen molar-refractivity contribution in [3.63, 3.8) is 0 Å². The summed E-state index contributed by atoms with van der Waals surface area (Å²) in [7, 11) is 1.99. The van der Waals surface area contributed by atoms with Crippen molar-refractivity contribution in [3.8, 4) is 11.4 Å². The molecule has 1 saturated carbocycles. The zero-order valence-corrected chi connectivity index (χ0v) is 20.6. The molecule has 2 fully saturated rings. The maximum Gasteiger partial charge on any atom is 0.419 e. The monoisotopic (exact) mass is 515 g/mol. The lowest BCUT2D eigenvalue weighted by Crippen LogP contribution is -2.48. The second-order valence-electron chi connectivity index (χ2n) is 9.52. The summed E-state index contributed by atoms with van der Waals surface area (Å²) in [6, 6.07) is 8.69. The number of hydrogen-bond donors (Lipinski definition) is 0. The number of benzene rings is 1. The Bertz CT molecular complexity index is 1200. The fraction of sp³-hybridized carbons (Fsp3) is 0.462. The van der Waals surface area contributed by atoms with Gasteiger partial charge < -0.3 is 14.7 Å². The van der Waals surface area contributed by atoms with E-state index in [2.05, 4.69) is 14.9 Å². The van der Waals surface area contributed by atoms with E-state index in [-0.39, 0.29) is 11.6 Å². The van der Waals surface area contributed by atoms with Crippen LogP contribution in [0.25, 0.3) is 11.4 Å². The molecule has 7 nitrogen and oxygen atoms in total. The van der Waals surface area contributed by atoms with Crippen LogP contribution in [0.5, 0.6) is 0 Å². The number of rotatable bonds is 5. The number of piperazine rings is 1. The van der Waals surface area contributed by atoms with E-state index in [1.165, 1.54) is 30.8 Å². The third-order valence-electron chi connectivity index (χ3n) is 7.11. The first kappa shape index (κ1) is 25.2. The first-order valence-corrected chi connectivity index (χ1v) is 12.6. The molecule has 1 saturated heterocycles. The van der Waals surface area contributed by atoms with E-state index in [1.54, 1.807) is 17.0 Å². The van der Waals surface area contributed by atoms with Gasteiger partial charge in [-0.05, 0) is 49.2 Å². The van der Waals surface area contributed by atoms with Gasteiger partial charge in [0.05, 0.1) is 5.56 Å². The summed E-state index contributed by atoms with van der Waals surface area (Å²) in [4.78, 5) is 23.9. The molecule has 3 aromatic rings. The molecule has 37 heavy (non-hydrogen) atoms. The second-order valence-corrected chi connectivity index (χ2v) is 9.52. The van der Waals surface area contributed by atoms with Crippen molar-refractivity contribution in [2.45, 2.75) is 44.3 Å². The van der Waals surface area contributed by atoms with Gasteiger partial charge in [0.25, 0.3) is 0 Å². The highest BCUT2D eigenvalue weighted by Crippen LogP contribution is 2.35. The standard InChI is InChI=1S/C26H29F4N7/c1-35(20-6-3-2-4-7-20)24-32-22(18-9-11-19(27)12-10-18)33-25(34-24)37-16-14-36(15-17-37)23-21(26(28,29)30)8-5-13-31-23/h5,8-13,20H,2-4,6-7,14-17H2,1H3. The number of alkyl halides is 3. The maximum absolute atomic E-state index is 13.6. The summed E-state index contributed by atoms with van der Waals surface area (Å²) in [5, 5.41) is 0. The molecular weight excluding hydrogens is 486 g/mol. The second kappa shape index (κ2) is 10.5. The number of halogens is 4. The quantitative estimate of drug-likeness (QED) is 0.434. The molecule has 2 aromatic heterocycles. The number of nitrogens with zero attached hydrogens (tertiary/aromatic N) is 7. The van der Waals surface area contributed by atoms with E-state index >= 15 is 0 Å². The zero-order chi connectivity index (χ0) is 26.0. The Balaban J connectivity index is 1.41.